The van der Waals surface area contributed by atoms with Gasteiger partial charge in [0.25, 0.3) is 0 Å². The van der Waals surface area contributed by atoms with Gasteiger partial charge < -0.3 is 15.1 Å². The molecule has 0 heterocycles. The summed E-state index contributed by atoms with van der Waals surface area (Å²) in [6.45, 7) is 3.05. The van der Waals surface area contributed by atoms with E-state index in [2.05, 4.69) is 29.3 Å². The standard InChI is InChI=1S/C31H37N3O2/c1-4-28(24-14-9-6-10-15-24)31(36)34(21-23-12-7-5-8-13-23)22-26-20-27(18-19-29(26)33(2)3)32-30(35)25-16-11-17-25/h5-10,12-15,18-20,25,28H,4,11,16-17,21-22H2,1-3H3,(H,32,35). The molecule has 1 aliphatic carbocycles. The Morgan fingerprint density at radius 2 is 1.58 bits per heavy atom. The van der Waals surface area contributed by atoms with E-state index in [0.29, 0.717) is 13.1 Å². The number of nitrogens with zero attached hydrogens (tertiary/aromatic N) is 2. The number of carbonyl (C=O) groups is 2. The van der Waals surface area contributed by atoms with E-state index in [1.165, 1.54) is 0 Å². The maximum Gasteiger partial charge on any atom is 0.230 e. The van der Waals surface area contributed by atoms with Crippen LogP contribution in [0.4, 0.5) is 11.4 Å². The summed E-state index contributed by atoms with van der Waals surface area (Å²) in [7, 11) is 4.02. The molecule has 3 aromatic rings. The van der Waals surface area contributed by atoms with Crippen LogP contribution in [0.25, 0.3) is 0 Å². The average Bonchev–Trinajstić information content (AvgIpc) is 2.84. The Bertz CT molecular complexity index is 1160. The number of rotatable bonds is 10. The van der Waals surface area contributed by atoms with Crippen molar-refractivity contribution in [2.45, 2.75) is 51.6 Å². The first-order valence-electron chi connectivity index (χ1n) is 12.9. The second-order valence-electron chi connectivity index (χ2n) is 9.91. The molecule has 5 nitrogen and oxygen atoms in total. The molecule has 2 amide bonds. The maximum atomic E-state index is 14.0. The van der Waals surface area contributed by atoms with E-state index in [0.717, 1.165) is 53.7 Å². The molecule has 0 aromatic heterocycles. The number of benzene rings is 3. The van der Waals surface area contributed by atoms with E-state index in [4.69, 9.17) is 0 Å². The molecule has 0 saturated heterocycles. The topological polar surface area (TPSA) is 52.7 Å². The van der Waals surface area contributed by atoms with Crippen LogP contribution >= 0.6 is 0 Å². The molecule has 1 saturated carbocycles. The summed E-state index contributed by atoms with van der Waals surface area (Å²) in [5, 5.41) is 3.10. The van der Waals surface area contributed by atoms with Crippen LogP contribution in [0.5, 0.6) is 0 Å². The highest BCUT2D eigenvalue weighted by atomic mass is 16.2. The third kappa shape index (κ3) is 6.14. The lowest BCUT2D eigenvalue weighted by Gasteiger charge is -2.30. The molecule has 5 heteroatoms. The lowest BCUT2D eigenvalue weighted by molar-refractivity contribution is -0.134. The highest BCUT2D eigenvalue weighted by Gasteiger charge is 2.27. The quantitative estimate of drug-likeness (QED) is 0.373. The van der Waals surface area contributed by atoms with E-state index < -0.39 is 0 Å². The highest BCUT2D eigenvalue weighted by molar-refractivity contribution is 5.93. The molecule has 1 N–H and O–H groups in total. The molecule has 1 fully saturated rings. The van der Waals surface area contributed by atoms with E-state index >= 15 is 0 Å². The van der Waals surface area contributed by atoms with Crippen LogP contribution in [0.1, 0.15) is 55.2 Å². The molecule has 0 radical (unpaired) electrons. The van der Waals surface area contributed by atoms with Gasteiger partial charge >= 0.3 is 0 Å². The van der Waals surface area contributed by atoms with Crippen LogP contribution in [-0.4, -0.2) is 30.8 Å². The zero-order valence-electron chi connectivity index (χ0n) is 21.6. The normalized spacial score (nSPS) is 14.0. The summed E-state index contributed by atoms with van der Waals surface area (Å²) in [6.07, 6.45) is 3.78. The Morgan fingerprint density at radius 1 is 0.917 bits per heavy atom. The third-order valence-corrected chi connectivity index (χ3v) is 7.10. The molecule has 1 atom stereocenters. The van der Waals surface area contributed by atoms with Crippen LogP contribution < -0.4 is 10.2 Å². The van der Waals surface area contributed by atoms with Crippen LogP contribution in [0.2, 0.25) is 0 Å². The van der Waals surface area contributed by atoms with Gasteiger partial charge in [0, 0.05) is 44.5 Å². The van der Waals surface area contributed by atoms with Gasteiger partial charge in [-0.15, -0.1) is 0 Å². The van der Waals surface area contributed by atoms with Crippen molar-refractivity contribution < 1.29 is 9.59 Å². The van der Waals surface area contributed by atoms with E-state index in [-0.39, 0.29) is 23.7 Å². The second-order valence-corrected chi connectivity index (χ2v) is 9.91. The Balaban J connectivity index is 1.65. The monoisotopic (exact) mass is 483 g/mol. The minimum absolute atomic E-state index is 0.0946. The fourth-order valence-corrected chi connectivity index (χ4v) is 4.82. The van der Waals surface area contributed by atoms with Gasteiger partial charge in [-0.05, 0) is 54.2 Å². The van der Waals surface area contributed by atoms with Gasteiger partial charge in [0.05, 0.1) is 5.92 Å². The van der Waals surface area contributed by atoms with Crippen molar-refractivity contribution in [1.29, 1.82) is 0 Å². The lowest BCUT2D eigenvalue weighted by Crippen LogP contribution is -2.35. The summed E-state index contributed by atoms with van der Waals surface area (Å²) in [4.78, 5) is 30.6. The molecule has 0 spiro atoms. The van der Waals surface area contributed by atoms with Gasteiger partial charge in [-0.2, -0.15) is 0 Å². The second kappa shape index (κ2) is 11.9. The molecule has 0 aliphatic heterocycles. The summed E-state index contributed by atoms with van der Waals surface area (Å²) >= 11 is 0. The smallest absolute Gasteiger partial charge is 0.230 e. The molecule has 3 aromatic carbocycles. The molecule has 188 valence electrons. The zero-order valence-corrected chi connectivity index (χ0v) is 21.6. The van der Waals surface area contributed by atoms with Crippen molar-refractivity contribution in [1.82, 2.24) is 4.90 Å². The molecule has 1 unspecified atom stereocenters. The van der Waals surface area contributed by atoms with Gasteiger partial charge in [0.2, 0.25) is 11.8 Å². The number of nitrogens with one attached hydrogen (secondary N) is 1. The first-order valence-corrected chi connectivity index (χ1v) is 12.9. The summed E-state index contributed by atoms with van der Waals surface area (Å²) < 4.78 is 0. The minimum atomic E-state index is -0.209. The number of anilines is 2. The van der Waals surface area contributed by atoms with Crippen molar-refractivity contribution in [3.63, 3.8) is 0 Å². The Kier molecular flexibility index (Phi) is 8.42. The van der Waals surface area contributed by atoms with Crippen molar-refractivity contribution in [2.75, 3.05) is 24.3 Å². The Hall–Kier alpha value is -3.60. The maximum absolute atomic E-state index is 14.0. The van der Waals surface area contributed by atoms with Crippen molar-refractivity contribution in [3.05, 3.63) is 95.6 Å². The minimum Gasteiger partial charge on any atom is -0.377 e. The number of hydrogen-bond acceptors (Lipinski definition) is 3. The largest absolute Gasteiger partial charge is 0.377 e. The van der Waals surface area contributed by atoms with E-state index in [1.807, 2.05) is 85.7 Å². The van der Waals surface area contributed by atoms with Crippen LogP contribution in [-0.2, 0) is 22.7 Å². The highest BCUT2D eigenvalue weighted by Crippen LogP contribution is 2.31. The van der Waals surface area contributed by atoms with Gasteiger partial charge in [0.1, 0.15) is 0 Å². The summed E-state index contributed by atoms with van der Waals surface area (Å²) in [5.41, 5.74) is 4.97. The van der Waals surface area contributed by atoms with Gasteiger partial charge in [-0.25, -0.2) is 0 Å². The molecule has 4 rings (SSSR count). The first-order chi connectivity index (χ1) is 17.5. The lowest BCUT2D eigenvalue weighted by atomic mass is 9.85. The van der Waals surface area contributed by atoms with Crippen LogP contribution in [0.3, 0.4) is 0 Å². The first kappa shape index (κ1) is 25.5. The summed E-state index contributed by atoms with van der Waals surface area (Å²) in [6, 6.07) is 26.2. The van der Waals surface area contributed by atoms with Crippen LogP contribution in [0.15, 0.2) is 78.9 Å². The number of hydrogen-bond donors (Lipinski definition) is 1. The SMILES string of the molecule is CCC(C(=O)N(Cc1ccccc1)Cc1cc(NC(=O)C2CCC2)ccc1N(C)C)c1ccccc1. The van der Waals surface area contributed by atoms with Gasteiger partial charge in [-0.1, -0.05) is 74.0 Å². The van der Waals surface area contributed by atoms with Crippen molar-refractivity contribution in [3.8, 4) is 0 Å². The predicted octanol–water partition coefficient (Wildman–Crippen LogP) is 6.21. The fraction of sp³-hybridized carbons (Fsp3) is 0.355. The molecular weight excluding hydrogens is 446 g/mol. The molecular formula is C31H37N3O2. The average molecular weight is 484 g/mol. The van der Waals surface area contributed by atoms with Gasteiger partial charge in [-0.3, -0.25) is 9.59 Å². The van der Waals surface area contributed by atoms with Gasteiger partial charge in [0.15, 0.2) is 0 Å². The Labute approximate surface area is 215 Å². The third-order valence-electron chi connectivity index (χ3n) is 7.10. The summed E-state index contributed by atoms with van der Waals surface area (Å²) in [5.74, 6) is 0.117. The van der Waals surface area contributed by atoms with E-state index in [1.54, 1.807) is 0 Å². The van der Waals surface area contributed by atoms with E-state index in [9.17, 15) is 9.59 Å². The van der Waals surface area contributed by atoms with Crippen LogP contribution in [0, 0.1) is 5.92 Å². The predicted molar refractivity (Wildman–Crippen MR) is 147 cm³/mol. The fourth-order valence-electron chi connectivity index (χ4n) is 4.82. The number of carbonyl (C=O) groups excluding carboxylic acids is 2. The molecule has 0 bridgehead atoms. The molecule has 36 heavy (non-hydrogen) atoms. The van der Waals surface area contributed by atoms with Crippen molar-refractivity contribution >= 4 is 23.2 Å². The Morgan fingerprint density at radius 3 is 2.17 bits per heavy atom. The molecule has 1 aliphatic rings. The van der Waals surface area contributed by atoms with Crippen molar-refractivity contribution in [2.24, 2.45) is 5.92 Å². The zero-order chi connectivity index (χ0) is 25.5. The number of amides is 2.